The zero-order valence-corrected chi connectivity index (χ0v) is 9.83. The molecule has 0 unspecified atom stereocenters. The summed E-state index contributed by atoms with van der Waals surface area (Å²) in [6.07, 6.45) is 4.96. The van der Waals surface area contributed by atoms with Crippen molar-refractivity contribution in [2.45, 2.75) is 39.0 Å². The summed E-state index contributed by atoms with van der Waals surface area (Å²) in [6.45, 7) is 6.93. The van der Waals surface area contributed by atoms with Crippen molar-refractivity contribution in [3.63, 3.8) is 0 Å². The average Bonchev–Trinajstić information content (AvgIpc) is 2.26. The molecule has 1 rings (SSSR count). The Bertz CT molecular complexity index is 172. The molecule has 0 atom stereocenters. The van der Waals surface area contributed by atoms with Gasteiger partial charge in [-0.05, 0) is 12.8 Å². The molecule has 3 nitrogen and oxygen atoms in total. The predicted molar refractivity (Wildman–Crippen MR) is 61.0 cm³/mol. The lowest BCUT2D eigenvalue weighted by Crippen LogP contribution is -2.34. The third kappa shape index (κ3) is 5.90. The number of ether oxygens (including phenoxy) is 1. The molecule has 3 heteroatoms. The van der Waals surface area contributed by atoms with E-state index in [0.717, 1.165) is 58.5 Å². The third-order valence-corrected chi connectivity index (χ3v) is 2.82. The van der Waals surface area contributed by atoms with E-state index in [0.29, 0.717) is 5.78 Å². The van der Waals surface area contributed by atoms with Crippen molar-refractivity contribution < 1.29 is 9.53 Å². The average molecular weight is 213 g/mol. The van der Waals surface area contributed by atoms with Crippen molar-refractivity contribution in [3.8, 4) is 0 Å². The normalized spacial score (nSPS) is 18.3. The van der Waals surface area contributed by atoms with Crippen molar-refractivity contribution in [2.75, 3.05) is 32.8 Å². The molecule has 0 aromatic rings. The Balaban J connectivity index is 1.89. The quantitative estimate of drug-likeness (QED) is 0.605. The minimum absolute atomic E-state index is 0.422. The molecule has 15 heavy (non-hydrogen) atoms. The van der Waals surface area contributed by atoms with Crippen LogP contribution in [0.1, 0.15) is 39.0 Å². The molecular formula is C12H23NO2. The minimum atomic E-state index is 0.422. The standard InChI is InChI=1S/C12H23NO2/c1-2-3-10-15-11-4-7-13-8-5-12(14)6-9-13/h2-11H2,1H3. The van der Waals surface area contributed by atoms with E-state index in [4.69, 9.17) is 4.74 Å². The van der Waals surface area contributed by atoms with Gasteiger partial charge in [0.1, 0.15) is 5.78 Å². The molecule has 88 valence electrons. The number of likely N-dealkylation sites (tertiary alicyclic amines) is 1. The van der Waals surface area contributed by atoms with E-state index in [1.165, 1.54) is 6.42 Å². The summed E-state index contributed by atoms with van der Waals surface area (Å²) in [5.74, 6) is 0.422. The van der Waals surface area contributed by atoms with Crippen LogP contribution in [-0.2, 0) is 9.53 Å². The van der Waals surface area contributed by atoms with Crippen molar-refractivity contribution in [3.05, 3.63) is 0 Å². The fraction of sp³-hybridized carbons (Fsp3) is 0.917. The van der Waals surface area contributed by atoms with Gasteiger partial charge in [-0.1, -0.05) is 13.3 Å². The largest absolute Gasteiger partial charge is 0.381 e. The minimum Gasteiger partial charge on any atom is -0.381 e. The lowest BCUT2D eigenvalue weighted by atomic mass is 10.1. The van der Waals surface area contributed by atoms with Gasteiger partial charge < -0.3 is 9.64 Å². The van der Waals surface area contributed by atoms with Gasteiger partial charge in [-0.25, -0.2) is 0 Å². The van der Waals surface area contributed by atoms with E-state index in [-0.39, 0.29) is 0 Å². The Morgan fingerprint density at radius 1 is 1.20 bits per heavy atom. The highest BCUT2D eigenvalue weighted by Gasteiger charge is 2.14. The summed E-state index contributed by atoms with van der Waals surface area (Å²) in [5.41, 5.74) is 0. The van der Waals surface area contributed by atoms with E-state index < -0.39 is 0 Å². The van der Waals surface area contributed by atoms with Crippen LogP contribution < -0.4 is 0 Å². The second-order valence-corrected chi connectivity index (χ2v) is 4.20. The van der Waals surface area contributed by atoms with Crippen LogP contribution in [0.2, 0.25) is 0 Å². The van der Waals surface area contributed by atoms with Gasteiger partial charge in [0.2, 0.25) is 0 Å². The molecule has 0 saturated carbocycles. The van der Waals surface area contributed by atoms with E-state index in [1.54, 1.807) is 0 Å². The number of hydrogen-bond donors (Lipinski definition) is 0. The summed E-state index contributed by atoms with van der Waals surface area (Å²) in [6, 6.07) is 0. The topological polar surface area (TPSA) is 29.5 Å². The molecule has 1 aliphatic heterocycles. The van der Waals surface area contributed by atoms with Crippen LogP contribution in [0.3, 0.4) is 0 Å². The summed E-state index contributed by atoms with van der Waals surface area (Å²) >= 11 is 0. The van der Waals surface area contributed by atoms with Crippen LogP contribution in [0.15, 0.2) is 0 Å². The van der Waals surface area contributed by atoms with Crippen LogP contribution in [0.25, 0.3) is 0 Å². The van der Waals surface area contributed by atoms with E-state index in [1.807, 2.05) is 0 Å². The van der Waals surface area contributed by atoms with Gasteiger partial charge in [0, 0.05) is 45.7 Å². The molecule has 0 bridgehead atoms. The van der Waals surface area contributed by atoms with E-state index in [9.17, 15) is 4.79 Å². The molecule has 1 saturated heterocycles. The number of unbranched alkanes of at least 4 members (excludes halogenated alkanes) is 1. The van der Waals surface area contributed by atoms with Crippen LogP contribution >= 0.6 is 0 Å². The second kappa shape index (κ2) is 7.83. The number of Topliss-reactive ketones (excluding diaryl/α,β-unsaturated/α-hetero) is 1. The molecule has 0 N–H and O–H groups in total. The molecule has 1 fully saturated rings. The van der Waals surface area contributed by atoms with Crippen molar-refractivity contribution >= 4 is 5.78 Å². The number of carbonyl (C=O) groups excluding carboxylic acids is 1. The van der Waals surface area contributed by atoms with Gasteiger partial charge >= 0.3 is 0 Å². The van der Waals surface area contributed by atoms with Gasteiger partial charge in [-0.15, -0.1) is 0 Å². The fourth-order valence-corrected chi connectivity index (χ4v) is 1.76. The Morgan fingerprint density at radius 2 is 1.87 bits per heavy atom. The second-order valence-electron chi connectivity index (χ2n) is 4.20. The van der Waals surface area contributed by atoms with E-state index >= 15 is 0 Å². The molecule has 0 spiro atoms. The number of hydrogen-bond acceptors (Lipinski definition) is 3. The summed E-state index contributed by atoms with van der Waals surface area (Å²) in [7, 11) is 0. The molecule has 0 radical (unpaired) electrons. The predicted octanol–water partition coefficient (Wildman–Crippen LogP) is 1.86. The maximum atomic E-state index is 11.0. The van der Waals surface area contributed by atoms with Crippen molar-refractivity contribution in [1.29, 1.82) is 0 Å². The maximum absolute atomic E-state index is 11.0. The molecule has 0 amide bonds. The Morgan fingerprint density at radius 3 is 2.53 bits per heavy atom. The highest BCUT2D eigenvalue weighted by molar-refractivity contribution is 5.79. The lowest BCUT2D eigenvalue weighted by molar-refractivity contribution is -0.121. The fourth-order valence-electron chi connectivity index (χ4n) is 1.76. The number of piperidine rings is 1. The SMILES string of the molecule is CCCCOCCCN1CCC(=O)CC1. The van der Waals surface area contributed by atoms with Crippen LogP contribution in [0, 0.1) is 0 Å². The first-order valence-electron chi connectivity index (χ1n) is 6.14. The Labute approximate surface area is 92.8 Å². The number of carbonyl (C=O) groups is 1. The van der Waals surface area contributed by atoms with E-state index in [2.05, 4.69) is 11.8 Å². The first kappa shape index (κ1) is 12.7. The Hall–Kier alpha value is -0.410. The Kier molecular flexibility index (Phi) is 6.60. The lowest BCUT2D eigenvalue weighted by Gasteiger charge is -2.25. The monoisotopic (exact) mass is 213 g/mol. The van der Waals surface area contributed by atoms with Crippen LogP contribution in [0.4, 0.5) is 0 Å². The summed E-state index contributed by atoms with van der Waals surface area (Å²) in [5, 5.41) is 0. The maximum Gasteiger partial charge on any atom is 0.135 e. The molecule has 0 aromatic heterocycles. The van der Waals surface area contributed by atoms with Gasteiger partial charge in [-0.2, -0.15) is 0 Å². The van der Waals surface area contributed by atoms with Crippen LogP contribution in [0.5, 0.6) is 0 Å². The molecule has 1 aliphatic rings. The van der Waals surface area contributed by atoms with Gasteiger partial charge in [0.05, 0.1) is 0 Å². The number of nitrogens with zero attached hydrogens (tertiary/aromatic N) is 1. The first-order chi connectivity index (χ1) is 7.33. The first-order valence-corrected chi connectivity index (χ1v) is 6.14. The van der Waals surface area contributed by atoms with Crippen LogP contribution in [-0.4, -0.2) is 43.5 Å². The van der Waals surface area contributed by atoms with Gasteiger partial charge in [-0.3, -0.25) is 4.79 Å². The van der Waals surface area contributed by atoms with Gasteiger partial charge in [0.15, 0.2) is 0 Å². The molecule has 0 aromatic carbocycles. The van der Waals surface area contributed by atoms with Crippen molar-refractivity contribution in [2.24, 2.45) is 0 Å². The number of ketones is 1. The molecule has 0 aliphatic carbocycles. The summed E-state index contributed by atoms with van der Waals surface area (Å²) in [4.78, 5) is 13.4. The highest BCUT2D eigenvalue weighted by Crippen LogP contribution is 2.05. The zero-order valence-electron chi connectivity index (χ0n) is 9.83. The third-order valence-electron chi connectivity index (χ3n) is 2.82. The van der Waals surface area contributed by atoms with Crippen molar-refractivity contribution in [1.82, 2.24) is 4.90 Å². The summed E-state index contributed by atoms with van der Waals surface area (Å²) < 4.78 is 5.49. The zero-order chi connectivity index (χ0) is 10.9. The smallest absolute Gasteiger partial charge is 0.135 e. The number of rotatable bonds is 7. The molecule has 1 heterocycles. The highest BCUT2D eigenvalue weighted by atomic mass is 16.5. The molecular weight excluding hydrogens is 190 g/mol. The van der Waals surface area contributed by atoms with Gasteiger partial charge in [0.25, 0.3) is 0 Å².